The number of aromatic hydroxyl groups is 1. The molecule has 3 rings (SSSR count). The van der Waals surface area contributed by atoms with Crippen LogP contribution in [0.5, 0.6) is 11.5 Å². The monoisotopic (exact) mass is 421 g/mol. The van der Waals surface area contributed by atoms with Crippen molar-refractivity contribution in [2.75, 3.05) is 20.3 Å². The molecule has 1 heterocycles. The van der Waals surface area contributed by atoms with Crippen LogP contribution >= 0.6 is 12.4 Å². The molecule has 2 aromatic carbocycles. The normalized spacial score (nSPS) is 19.5. The molecule has 1 aliphatic heterocycles. The first-order valence-corrected chi connectivity index (χ1v) is 10.4. The summed E-state index contributed by atoms with van der Waals surface area (Å²) in [4.78, 5) is 2.59. The van der Waals surface area contributed by atoms with Gasteiger partial charge in [0, 0.05) is 12.1 Å². The van der Waals surface area contributed by atoms with Crippen LogP contribution in [0.25, 0.3) is 0 Å². The Kier molecular flexibility index (Phi) is 9.75. The highest BCUT2D eigenvalue weighted by atomic mass is 35.5. The van der Waals surface area contributed by atoms with Crippen molar-refractivity contribution in [3.05, 3.63) is 59.7 Å². The fourth-order valence-corrected chi connectivity index (χ4v) is 4.23. The Hall–Kier alpha value is -1.78. The smallest absolute Gasteiger partial charge is 0.123 e. The molecule has 1 N–H and O–H groups in total. The summed E-state index contributed by atoms with van der Waals surface area (Å²) in [6, 6.07) is 16.9. The molecular formula is C24H33ClFNO2. The van der Waals surface area contributed by atoms with E-state index in [-0.39, 0.29) is 19.0 Å². The molecule has 0 unspecified atom stereocenters. The number of aryl methyl sites for hydroxylation is 2. The van der Waals surface area contributed by atoms with Crippen LogP contribution in [-0.2, 0) is 12.8 Å². The molecule has 5 heteroatoms. The van der Waals surface area contributed by atoms with Crippen molar-refractivity contribution < 1.29 is 14.2 Å². The Bertz CT molecular complexity index is 708. The highest BCUT2D eigenvalue weighted by Gasteiger charge is 2.26. The molecule has 160 valence electrons. The van der Waals surface area contributed by atoms with Crippen LogP contribution in [0.4, 0.5) is 4.39 Å². The molecule has 2 aromatic rings. The van der Waals surface area contributed by atoms with Gasteiger partial charge in [0.1, 0.15) is 24.8 Å². The van der Waals surface area contributed by atoms with Crippen LogP contribution < -0.4 is 4.74 Å². The molecule has 1 fully saturated rings. The maximum Gasteiger partial charge on any atom is 0.123 e. The summed E-state index contributed by atoms with van der Waals surface area (Å²) in [5.41, 5.74) is 2.61. The standard InChI is InChI=1S/C24H32FNO2.ClH/c1-26-21(11-5-19-7-13-23(27)14-8-19)3-2-4-22(26)12-6-20-9-15-24(16-10-20)28-18-17-25;/h7-10,13-16,21-22,27H,2-6,11-12,17-18H2,1H3;1H/t21-,22+;/m1./s1. The summed E-state index contributed by atoms with van der Waals surface area (Å²) in [7, 11) is 2.28. The minimum Gasteiger partial charge on any atom is -0.508 e. The summed E-state index contributed by atoms with van der Waals surface area (Å²) < 4.78 is 17.5. The van der Waals surface area contributed by atoms with Gasteiger partial charge in [-0.05, 0) is 81.0 Å². The topological polar surface area (TPSA) is 32.7 Å². The lowest BCUT2D eigenvalue weighted by Gasteiger charge is -2.40. The van der Waals surface area contributed by atoms with Gasteiger partial charge in [-0.25, -0.2) is 4.39 Å². The number of nitrogens with zero attached hydrogens (tertiary/aromatic N) is 1. The summed E-state index contributed by atoms with van der Waals surface area (Å²) in [5.74, 6) is 1.08. The van der Waals surface area contributed by atoms with Crippen LogP contribution in [0.1, 0.15) is 43.2 Å². The molecule has 1 saturated heterocycles. The minimum atomic E-state index is -0.455. The Morgan fingerprint density at radius 2 is 1.45 bits per heavy atom. The third kappa shape index (κ3) is 7.20. The summed E-state index contributed by atoms with van der Waals surface area (Å²) in [6.45, 7) is -0.332. The van der Waals surface area contributed by atoms with Crippen LogP contribution in [0.3, 0.4) is 0 Å². The number of hydrogen-bond donors (Lipinski definition) is 1. The lowest BCUT2D eigenvalue weighted by atomic mass is 9.89. The molecule has 1 aliphatic rings. The maximum absolute atomic E-state index is 12.2. The molecule has 0 amide bonds. The van der Waals surface area contributed by atoms with E-state index in [0.29, 0.717) is 17.8 Å². The number of phenolic OH excluding ortho intramolecular Hbond substituents is 1. The highest BCUT2D eigenvalue weighted by molar-refractivity contribution is 5.85. The first-order valence-electron chi connectivity index (χ1n) is 10.4. The van der Waals surface area contributed by atoms with Gasteiger partial charge in [0.2, 0.25) is 0 Å². The molecule has 0 radical (unpaired) electrons. The second kappa shape index (κ2) is 12.0. The number of halogens is 2. The van der Waals surface area contributed by atoms with E-state index in [4.69, 9.17) is 4.74 Å². The number of rotatable bonds is 9. The number of likely N-dealkylation sites (tertiary alicyclic amines) is 1. The van der Waals surface area contributed by atoms with E-state index in [1.165, 1.54) is 36.8 Å². The van der Waals surface area contributed by atoms with E-state index in [2.05, 4.69) is 24.1 Å². The van der Waals surface area contributed by atoms with Crippen molar-refractivity contribution in [3.63, 3.8) is 0 Å². The third-order valence-corrected chi connectivity index (χ3v) is 5.96. The van der Waals surface area contributed by atoms with Crippen molar-refractivity contribution in [2.45, 2.75) is 57.0 Å². The zero-order chi connectivity index (χ0) is 19.8. The van der Waals surface area contributed by atoms with Gasteiger partial charge in [-0.3, -0.25) is 0 Å². The number of hydrogen-bond acceptors (Lipinski definition) is 3. The Morgan fingerprint density at radius 1 is 0.931 bits per heavy atom. The average molecular weight is 422 g/mol. The SMILES string of the molecule is CN1[C@@H](CCc2ccc(O)cc2)CCC[C@H]1CCc1ccc(OCCF)cc1.Cl. The van der Waals surface area contributed by atoms with E-state index >= 15 is 0 Å². The maximum atomic E-state index is 12.2. The predicted molar refractivity (Wildman–Crippen MR) is 119 cm³/mol. The van der Waals surface area contributed by atoms with Crippen LogP contribution in [0.2, 0.25) is 0 Å². The predicted octanol–water partition coefficient (Wildman–Crippen LogP) is 5.58. The fourth-order valence-electron chi connectivity index (χ4n) is 4.23. The van der Waals surface area contributed by atoms with Gasteiger partial charge in [-0.1, -0.05) is 30.7 Å². The highest BCUT2D eigenvalue weighted by Crippen LogP contribution is 2.27. The van der Waals surface area contributed by atoms with E-state index in [1.54, 1.807) is 12.1 Å². The zero-order valence-corrected chi connectivity index (χ0v) is 18.0. The van der Waals surface area contributed by atoms with Gasteiger partial charge in [-0.2, -0.15) is 0 Å². The number of ether oxygens (including phenoxy) is 1. The summed E-state index contributed by atoms with van der Waals surface area (Å²) in [5, 5.41) is 9.43. The van der Waals surface area contributed by atoms with E-state index in [1.807, 2.05) is 24.3 Å². The van der Waals surface area contributed by atoms with E-state index in [9.17, 15) is 9.50 Å². The number of benzene rings is 2. The van der Waals surface area contributed by atoms with Crippen molar-refractivity contribution in [3.8, 4) is 11.5 Å². The van der Waals surface area contributed by atoms with Gasteiger partial charge >= 0.3 is 0 Å². The van der Waals surface area contributed by atoms with Crippen molar-refractivity contribution in [2.24, 2.45) is 0 Å². The lowest BCUT2D eigenvalue weighted by molar-refractivity contribution is 0.103. The Morgan fingerprint density at radius 3 is 1.97 bits per heavy atom. The fraction of sp³-hybridized carbons (Fsp3) is 0.500. The van der Waals surface area contributed by atoms with Crippen molar-refractivity contribution >= 4 is 12.4 Å². The molecule has 0 aromatic heterocycles. The molecule has 0 spiro atoms. The number of phenols is 1. The largest absolute Gasteiger partial charge is 0.508 e. The average Bonchev–Trinajstić information content (AvgIpc) is 2.72. The van der Waals surface area contributed by atoms with Crippen LogP contribution in [0, 0.1) is 0 Å². The first-order chi connectivity index (χ1) is 13.7. The molecule has 0 saturated carbocycles. The van der Waals surface area contributed by atoms with Gasteiger partial charge < -0.3 is 14.7 Å². The minimum absolute atomic E-state index is 0. The van der Waals surface area contributed by atoms with Crippen molar-refractivity contribution in [1.82, 2.24) is 4.90 Å². The molecule has 0 aliphatic carbocycles. The second-order valence-corrected chi connectivity index (χ2v) is 7.83. The second-order valence-electron chi connectivity index (χ2n) is 7.83. The van der Waals surface area contributed by atoms with Gasteiger partial charge in [0.25, 0.3) is 0 Å². The third-order valence-electron chi connectivity index (χ3n) is 5.96. The summed E-state index contributed by atoms with van der Waals surface area (Å²) >= 11 is 0. The van der Waals surface area contributed by atoms with Gasteiger partial charge in [0.05, 0.1) is 0 Å². The quantitative estimate of drug-likeness (QED) is 0.573. The molecule has 3 nitrogen and oxygen atoms in total. The van der Waals surface area contributed by atoms with E-state index in [0.717, 1.165) is 25.0 Å². The van der Waals surface area contributed by atoms with Crippen molar-refractivity contribution in [1.29, 1.82) is 0 Å². The Labute approximate surface area is 180 Å². The Balaban J connectivity index is 0.00000300. The molecule has 29 heavy (non-hydrogen) atoms. The first kappa shape index (κ1) is 23.5. The molecular weight excluding hydrogens is 389 g/mol. The lowest BCUT2D eigenvalue weighted by Crippen LogP contribution is -2.44. The van der Waals surface area contributed by atoms with Gasteiger partial charge in [-0.15, -0.1) is 12.4 Å². The number of alkyl halides is 1. The van der Waals surface area contributed by atoms with E-state index < -0.39 is 6.67 Å². The summed E-state index contributed by atoms with van der Waals surface area (Å²) in [6.07, 6.45) is 8.28. The van der Waals surface area contributed by atoms with Crippen LogP contribution in [-0.4, -0.2) is 42.4 Å². The molecule has 2 atom stereocenters. The zero-order valence-electron chi connectivity index (χ0n) is 17.2. The molecule has 0 bridgehead atoms. The van der Waals surface area contributed by atoms with Gasteiger partial charge in [0.15, 0.2) is 0 Å². The number of piperidine rings is 1. The van der Waals surface area contributed by atoms with Crippen LogP contribution in [0.15, 0.2) is 48.5 Å².